The molecule has 0 bridgehead atoms. The van der Waals surface area contributed by atoms with Crippen molar-refractivity contribution in [2.45, 2.75) is 70.5 Å². The Balaban J connectivity index is 1.53. The van der Waals surface area contributed by atoms with Gasteiger partial charge in [-0.15, -0.1) is 0 Å². The van der Waals surface area contributed by atoms with Gasteiger partial charge in [-0.1, -0.05) is 37.6 Å². The SMILES string of the molecule is CCCCc1ccc(CCn2cc(CCC(O)O)c3c2=CC2OCOC2C=3)cc1. The van der Waals surface area contributed by atoms with Crippen LogP contribution in [0.2, 0.25) is 0 Å². The van der Waals surface area contributed by atoms with Gasteiger partial charge in [-0.2, -0.15) is 0 Å². The van der Waals surface area contributed by atoms with Crippen molar-refractivity contribution in [3.05, 3.63) is 57.7 Å². The number of hydrogen-bond acceptors (Lipinski definition) is 4. The fourth-order valence-electron chi connectivity index (χ4n) is 4.19. The lowest BCUT2D eigenvalue weighted by Gasteiger charge is -2.14. The van der Waals surface area contributed by atoms with Crippen molar-refractivity contribution in [3.63, 3.8) is 0 Å². The van der Waals surface area contributed by atoms with E-state index in [-0.39, 0.29) is 12.2 Å². The van der Waals surface area contributed by atoms with Gasteiger partial charge in [-0.3, -0.25) is 0 Å². The zero-order valence-corrected chi connectivity index (χ0v) is 17.1. The number of aliphatic hydroxyl groups excluding tert-OH is 1. The first kappa shape index (κ1) is 20.4. The van der Waals surface area contributed by atoms with Crippen LogP contribution in [0.5, 0.6) is 0 Å². The Morgan fingerprint density at radius 3 is 2.38 bits per heavy atom. The number of hydrogen-bond donors (Lipinski definition) is 2. The second-order valence-electron chi connectivity index (χ2n) is 8.05. The molecule has 1 aliphatic heterocycles. The monoisotopic (exact) mass is 397 g/mol. The first-order valence-electron chi connectivity index (χ1n) is 10.7. The molecule has 1 saturated heterocycles. The molecule has 4 rings (SSSR count). The fourth-order valence-corrected chi connectivity index (χ4v) is 4.19. The second-order valence-corrected chi connectivity index (χ2v) is 8.05. The summed E-state index contributed by atoms with van der Waals surface area (Å²) in [6.07, 6.45) is 10.6. The van der Waals surface area contributed by atoms with Crippen molar-refractivity contribution in [1.82, 2.24) is 4.57 Å². The molecule has 2 N–H and O–H groups in total. The van der Waals surface area contributed by atoms with Crippen LogP contribution in [0.15, 0.2) is 30.5 Å². The Morgan fingerprint density at radius 1 is 1.00 bits per heavy atom. The molecule has 2 aromatic rings. The summed E-state index contributed by atoms with van der Waals surface area (Å²) in [6.45, 7) is 3.42. The molecule has 5 heteroatoms. The maximum absolute atomic E-state index is 9.29. The van der Waals surface area contributed by atoms with Crippen LogP contribution < -0.4 is 10.6 Å². The molecule has 2 heterocycles. The van der Waals surface area contributed by atoms with E-state index in [0.717, 1.165) is 35.5 Å². The van der Waals surface area contributed by atoms with Gasteiger partial charge in [0.15, 0.2) is 6.29 Å². The third-order valence-electron chi connectivity index (χ3n) is 5.90. The van der Waals surface area contributed by atoms with Gasteiger partial charge in [0.25, 0.3) is 0 Å². The predicted octanol–water partition coefficient (Wildman–Crippen LogP) is 1.63. The van der Waals surface area contributed by atoms with Crippen LogP contribution in [0.4, 0.5) is 0 Å². The van der Waals surface area contributed by atoms with E-state index in [2.05, 4.69) is 54.1 Å². The second kappa shape index (κ2) is 9.26. The number of aliphatic hydroxyl groups is 2. The number of rotatable bonds is 9. The molecule has 156 valence electrons. The van der Waals surface area contributed by atoms with Gasteiger partial charge in [0, 0.05) is 29.7 Å². The van der Waals surface area contributed by atoms with E-state index in [0.29, 0.717) is 19.6 Å². The summed E-state index contributed by atoms with van der Waals surface area (Å²) < 4.78 is 13.6. The molecule has 0 radical (unpaired) electrons. The van der Waals surface area contributed by atoms with Gasteiger partial charge >= 0.3 is 0 Å². The van der Waals surface area contributed by atoms with Crippen LogP contribution in [-0.2, 0) is 35.3 Å². The molecule has 1 aromatic heterocycles. The molecule has 29 heavy (non-hydrogen) atoms. The normalized spacial score (nSPS) is 20.3. The number of benzene rings is 1. The summed E-state index contributed by atoms with van der Waals surface area (Å²) in [5.41, 5.74) is 3.87. The largest absolute Gasteiger partial charge is 0.368 e. The molecule has 0 saturated carbocycles. The van der Waals surface area contributed by atoms with Gasteiger partial charge in [0.1, 0.15) is 19.0 Å². The Morgan fingerprint density at radius 2 is 1.69 bits per heavy atom. The number of unbranched alkanes of at least 4 members (excludes halogenated alkanes) is 1. The van der Waals surface area contributed by atoms with E-state index in [9.17, 15) is 10.2 Å². The highest BCUT2D eigenvalue weighted by atomic mass is 16.7. The van der Waals surface area contributed by atoms with E-state index < -0.39 is 6.29 Å². The predicted molar refractivity (Wildman–Crippen MR) is 113 cm³/mol. The van der Waals surface area contributed by atoms with Gasteiger partial charge < -0.3 is 24.3 Å². The smallest absolute Gasteiger partial charge is 0.151 e. The van der Waals surface area contributed by atoms with Gasteiger partial charge in [0.05, 0.1) is 0 Å². The number of fused-ring (bicyclic) bond motifs is 2. The molecule has 2 aliphatic rings. The zero-order chi connectivity index (χ0) is 20.2. The lowest BCUT2D eigenvalue weighted by atomic mass is 10.0. The molecule has 2 atom stereocenters. The zero-order valence-electron chi connectivity index (χ0n) is 17.1. The summed E-state index contributed by atoms with van der Waals surface area (Å²) in [6, 6.07) is 8.98. The highest BCUT2D eigenvalue weighted by Gasteiger charge is 2.28. The number of nitrogens with zero attached hydrogens (tertiary/aromatic N) is 1. The van der Waals surface area contributed by atoms with Crippen LogP contribution in [0.1, 0.15) is 42.9 Å². The number of aryl methyl sites for hydroxylation is 4. The van der Waals surface area contributed by atoms with Gasteiger partial charge in [-0.25, -0.2) is 0 Å². The number of ether oxygens (including phenoxy) is 2. The Bertz CT molecular complexity index is 929. The van der Waals surface area contributed by atoms with Crippen molar-refractivity contribution >= 4 is 12.2 Å². The van der Waals surface area contributed by atoms with Gasteiger partial charge in [-0.05, 0) is 54.5 Å². The maximum atomic E-state index is 9.29. The molecule has 5 nitrogen and oxygen atoms in total. The Kier molecular flexibility index (Phi) is 6.50. The average molecular weight is 398 g/mol. The van der Waals surface area contributed by atoms with Crippen LogP contribution >= 0.6 is 0 Å². The molecule has 0 amide bonds. The third kappa shape index (κ3) is 4.81. The van der Waals surface area contributed by atoms with Crippen LogP contribution in [-0.4, -0.2) is 40.1 Å². The van der Waals surface area contributed by atoms with Crippen molar-refractivity contribution in [3.8, 4) is 0 Å². The van der Waals surface area contributed by atoms with Crippen molar-refractivity contribution in [1.29, 1.82) is 0 Å². The Hall–Kier alpha value is -1.92. The van der Waals surface area contributed by atoms with E-state index in [1.807, 2.05) is 0 Å². The maximum Gasteiger partial charge on any atom is 0.151 e. The van der Waals surface area contributed by atoms with Crippen LogP contribution in [0.3, 0.4) is 0 Å². The molecular formula is C24H31NO4. The van der Waals surface area contributed by atoms with Crippen LogP contribution in [0.25, 0.3) is 12.2 Å². The van der Waals surface area contributed by atoms with E-state index in [1.165, 1.54) is 24.0 Å². The van der Waals surface area contributed by atoms with E-state index >= 15 is 0 Å². The summed E-state index contributed by atoms with van der Waals surface area (Å²) in [7, 11) is 0. The van der Waals surface area contributed by atoms with E-state index in [4.69, 9.17) is 9.47 Å². The average Bonchev–Trinajstić information content (AvgIpc) is 3.32. The minimum atomic E-state index is -1.29. The lowest BCUT2D eigenvalue weighted by molar-refractivity contribution is -0.0447. The van der Waals surface area contributed by atoms with Gasteiger partial charge in [0.2, 0.25) is 0 Å². The molecule has 0 spiro atoms. The molecule has 2 unspecified atom stereocenters. The van der Waals surface area contributed by atoms with Crippen molar-refractivity contribution < 1.29 is 19.7 Å². The minimum absolute atomic E-state index is 0.0368. The third-order valence-corrected chi connectivity index (χ3v) is 5.90. The minimum Gasteiger partial charge on any atom is -0.368 e. The Labute approximate surface area is 171 Å². The highest BCUT2D eigenvalue weighted by molar-refractivity contribution is 5.48. The molecule has 1 fully saturated rings. The summed E-state index contributed by atoms with van der Waals surface area (Å²) in [5, 5.41) is 20.9. The summed E-state index contributed by atoms with van der Waals surface area (Å²) in [5.74, 6) is 0. The van der Waals surface area contributed by atoms with E-state index in [1.54, 1.807) is 0 Å². The molecular weight excluding hydrogens is 366 g/mol. The number of aromatic nitrogens is 1. The molecule has 1 aliphatic carbocycles. The first-order chi connectivity index (χ1) is 14.1. The van der Waals surface area contributed by atoms with Crippen LogP contribution in [0, 0.1) is 0 Å². The first-order valence-corrected chi connectivity index (χ1v) is 10.7. The summed E-state index contributed by atoms with van der Waals surface area (Å²) >= 11 is 0. The highest BCUT2D eigenvalue weighted by Crippen LogP contribution is 2.18. The topological polar surface area (TPSA) is 63.9 Å². The summed E-state index contributed by atoms with van der Waals surface area (Å²) in [4.78, 5) is 0. The molecule has 1 aromatic carbocycles. The quantitative estimate of drug-likeness (QED) is 0.632. The lowest BCUT2D eigenvalue weighted by Crippen LogP contribution is -2.40. The van der Waals surface area contributed by atoms with Crippen molar-refractivity contribution in [2.75, 3.05) is 6.79 Å². The standard InChI is InChI=1S/C24H31NO4/c1-2-3-4-17-5-7-18(8-6-17)11-12-25-15-19(9-10-24(26)27)20-13-22-23(14-21(20)25)29-16-28-22/h5-8,13-15,22-24,26-27H,2-4,9-12,16H2,1H3. The van der Waals surface area contributed by atoms with Crippen molar-refractivity contribution in [2.24, 2.45) is 0 Å². The fraction of sp³-hybridized carbons (Fsp3) is 0.500.